The van der Waals surface area contributed by atoms with Crippen molar-refractivity contribution >= 4 is 54.7 Å². The summed E-state index contributed by atoms with van der Waals surface area (Å²) in [7, 11) is 3.97. The van der Waals surface area contributed by atoms with Gasteiger partial charge in [0.15, 0.2) is 0 Å². The minimum absolute atomic E-state index is 0.196. The van der Waals surface area contributed by atoms with Crippen LogP contribution in [0.15, 0.2) is 79.5 Å². The number of ether oxygens (including phenoxy) is 1. The normalized spacial score (nSPS) is 11.3. The van der Waals surface area contributed by atoms with Crippen LogP contribution in [0.2, 0.25) is 0 Å². The summed E-state index contributed by atoms with van der Waals surface area (Å²) in [6.45, 7) is 2.47. The molecular weight excluding hydrogens is 572 g/mol. The van der Waals surface area contributed by atoms with Crippen LogP contribution in [0.25, 0.3) is 10.9 Å². The van der Waals surface area contributed by atoms with Gasteiger partial charge in [-0.1, -0.05) is 50.9 Å². The van der Waals surface area contributed by atoms with Gasteiger partial charge in [0, 0.05) is 46.8 Å². The average Bonchev–Trinajstić information content (AvgIpc) is 2.84. The molecule has 3 aromatic carbocycles. The molecule has 0 aliphatic rings. The summed E-state index contributed by atoms with van der Waals surface area (Å²) < 4.78 is 9.44. The Balaban J connectivity index is 1.73. The topological polar surface area (TPSA) is 59.7 Å². The van der Waals surface area contributed by atoms with Crippen molar-refractivity contribution in [2.45, 2.75) is 26.4 Å². The van der Waals surface area contributed by atoms with Crippen LogP contribution in [0.4, 0.5) is 5.69 Å². The Bertz CT molecular complexity index is 1430. The molecule has 6 nitrogen and oxygen atoms in total. The van der Waals surface area contributed by atoms with Gasteiger partial charge in [0.05, 0.1) is 17.1 Å². The first kappa shape index (κ1) is 25.1. The number of hydrogen-bond donors (Lipinski definition) is 0. The molecule has 0 atom stereocenters. The molecule has 0 spiro atoms. The van der Waals surface area contributed by atoms with Gasteiger partial charge in [0.25, 0.3) is 5.56 Å². The van der Waals surface area contributed by atoms with E-state index in [-0.39, 0.29) is 5.56 Å². The first-order valence-electron chi connectivity index (χ1n) is 11.3. The molecule has 0 unspecified atom stereocenters. The van der Waals surface area contributed by atoms with Crippen molar-refractivity contribution in [2.75, 3.05) is 19.0 Å². The minimum Gasteiger partial charge on any atom is -0.488 e. The van der Waals surface area contributed by atoms with Gasteiger partial charge in [-0.25, -0.2) is 4.98 Å². The molecule has 4 rings (SSSR count). The second-order valence-electron chi connectivity index (χ2n) is 8.33. The van der Waals surface area contributed by atoms with E-state index < -0.39 is 0 Å². The summed E-state index contributed by atoms with van der Waals surface area (Å²) >= 11 is 6.91. The number of nitrogens with zero attached hydrogens (tertiary/aromatic N) is 4. The van der Waals surface area contributed by atoms with Gasteiger partial charge >= 0.3 is 0 Å². The maximum atomic E-state index is 13.3. The lowest BCUT2D eigenvalue weighted by molar-refractivity contribution is 0.306. The molecule has 0 radical (unpaired) electrons. The Morgan fingerprint density at radius 3 is 2.49 bits per heavy atom. The number of benzene rings is 3. The lowest BCUT2D eigenvalue weighted by atomic mass is 10.2. The summed E-state index contributed by atoms with van der Waals surface area (Å²) in [6.07, 6.45) is 3.16. The highest BCUT2D eigenvalue weighted by Gasteiger charge is 2.12. The Kier molecular flexibility index (Phi) is 8.03. The summed E-state index contributed by atoms with van der Waals surface area (Å²) in [5.74, 6) is 1.32. The SMILES string of the molecule is CCCc1nc2ccc(Br)cc2c(=O)n1N=Cc1ccc(N(C)C)cc1OCc1ccc(Br)cc1. The predicted octanol–water partition coefficient (Wildman–Crippen LogP) is 6.40. The molecule has 0 fully saturated rings. The van der Waals surface area contributed by atoms with E-state index in [0.29, 0.717) is 35.5 Å². The number of anilines is 1. The van der Waals surface area contributed by atoms with E-state index >= 15 is 0 Å². The highest BCUT2D eigenvalue weighted by Crippen LogP contribution is 2.25. The first-order chi connectivity index (χ1) is 16.9. The summed E-state index contributed by atoms with van der Waals surface area (Å²) in [5.41, 5.74) is 3.31. The van der Waals surface area contributed by atoms with Gasteiger partial charge in [-0.2, -0.15) is 9.78 Å². The van der Waals surface area contributed by atoms with Crippen molar-refractivity contribution in [1.82, 2.24) is 9.66 Å². The van der Waals surface area contributed by atoms with Crippen LogP contribution < -0.4 is 15.2 Å². The fraction of sp³-hybridized carbons (Fsp3) is 0.222. The van der Waals surface area contributed by atoms with Crippen LogP contribution in [0.5, 0.6) is 5.75 Å². The molecule has 0 N–H and O–H groups in total. The number of rotatable bonds is 8. The Labute approximate surface area is 221 Å². The monoisotopic (exact) mass is 596 g/mol. The largest absolute Gasteiger partial charge is 0.488 e. The molecule has 1 heterocycles. The zero-order valence-corrected chi connectivity index (χ0v) is 23.0. The van der Waals surface area contributed by atoms with Gasteiger partial charge in [-0.3, -0.25) is 4.79 Å². The molecule has 1 aromatic heterocycles. The van der Waals surface area contributed by atoms with Gasteiger partial charge in [-0.15, -0.1) is 0 Å². The van der Waals surface area contributed by atoms with E-state index in [9.17, 15) is 4.79 Å². The van der Waals surface area contributed by atoms with E-state index in [4.69, 9.17) is 9.72 Å². The second-order valence-corrected chi connectivity index (χ2v) is 10.2. The molecule has 4 aromatic rings. The van der Waals surface area contributed by atoms with Crippen molar-refractivity contribution in [3.05, 3.63) is 96.9 Å². The molecule has 0 aliphatic carbocycles. The maximum absolute atomic E-state index is 13.3. The molecule has 0 saturated carbocycles. The molecule has 35 heavy (non-hydrogen) atoms. The molecule has 8 heteroatoms. The second kappa shape index (κ2) is 11.2. The minimum atomic E-state index is -0.196. The highest BCUT2D eigenvalue weighted by molar-refractivity contribution is 9.10. The number of aryl methyl sites for hydroxylation is 1. The molecule has 0 bridgehead atoms. The summed E-state index contributed by atoms with van der Waals surface area (Å²) in [4.78, 5) is 20.0. The van der Waals surface area contributed by atoms with Crippen molar-refractivity contribution in [2.24, 2.45) is 5.10 Å². The lowest BCUT2D eigenvalue weighted by Gasteiger charge is -2.16. The predicted molar refractivity (Wildman–Crippen MR) is 150 cm³/mol. The number of hydrogen-bond acceptors (Lipinski definition) is 5. The first-order valence-corrected chi connectivity index (χ1v) is 12.9. The number of aromatic nitrogens is 2. The smallest absolute Gasteiger partial charge is 0.282 e. The van der Waals surface area contributed by atoms with Crippen LogP contribution in [-0.4, -0.2) is 30.0 Å². The maximum Gasteiger partial charge on any atom is 0.282 e. The average molecular weight is 598 g/mol. The third kappa shape index (κ3) is 6.00. The van der Waals surface area contributed by atoms with E-state index in [1.54, 1.807) is 12.3 Å². The molecule has 0 amide bonds. The van der Waals surface area contributed by atoms with Crippen LogP contribution in [-0.2, 0) is 13.0 Å². The molecule has 0 aliphatic heterocycles. The quantitative estimate of drug-likeness (QED) is 0.221. The van der Waals surface area contributed by atoms with Crippen LogP contribution in [0.3, 0.4) is 0 Å². The van der Waals surface area contributed by atoms with Crippen LogP contribution in [0, 0.1) is 0 Å². The van der Waals surface area contributed by atoms with Crippen molar-refractivity contribution < 1.29 is 4.74 Å². The third-order valence-corrected chi connectivity index (χ3v) is 6.50. The summed E-state index contributed by atoms with van der Waals surface area (Å²) in [5, 5.41) is 5.10. The van der Waals surface area contributed by atoms with Gasteiger partial charge < -0.3 is 9.64 Å². The van der Waals surface area contributed by atoms with Gasteiger partial charge in [0.2, 0.25) is 0 Å². The van der Waals surface area contributed by atoms with Crippen molar-refractivity contribution in [3.63, 3.8) is 0 Å². The van der Waals surface area contributed by atoms with Gasteiger partial charge in [-0.05, 0) is 54.4 Å². The molecular formula is C27H26Br2N4O2. The number of fused-ring (bicyclic) bond motifs is 1. The van der Waals surface area contributed by atoms with E-state index in [2.05, 4.69) is 43.9 Å². The summed E-state index contributed by atoms with van der Waals surface area (Å²) in [6, 6.07) is 19.5. The van der Waals surface area contributed by atoms with Crippen LogP contribution >= 0.6 is 31.9 Å². The zero-order valence-electron chi connectivity index (χ0n) is 19.8. The zero-order chi connectivity index (χ0) is 24.9. The third-order valence-electron chi connectivity index (χ3n) is 5.48. The van der Waals surface area contributed by atoms with Crippen molar-refractivity contribution in [1.29, 1.82) is 0 Å². The molecule has 180 valence electrons. The van der Waals surface area contributed by atoms with Crippen molar-refractivity contribution in [3.8, 4) is 5.75 Å². The van der Waals surface area contributed by atoms with E-state index in [0.717, 1.165) is 32.2 Å². The van der Waals surface area contributed by atoms with Crippen LogP contribution in [0.1, 0.15) is 30.3 Å². The van der Waals surface area contributed by atoms with Gasteiger partial charge in [0.1, 0.15) is 18.2 Å². The lowest BCUT2D eigenvalue weighted by Crippen LogP contribution is -2.22. The standard InChI is InChI=1S/C27H26Br2N4O2/c1-4-5-26-31-24-13-11-21(29)14-23(24)27(34)33(26)30-16-19-8-12-22(32(2)3)15-25(19)35-17-18-6-9-20(28)10-7-18/h6-16H,4-5,17H2,1-3H3. The Morgan fingerprint density at radius 2 is 1.77 bits per heavy atom. The Hall–Kier alpha value is -2.97. The number of halogens is 2. The highest BCUT2D eigenvalue weighted by atomic mass is 79.9. The van der Waals surface area contributed by atoms with E-state index in [1.807, 2.05) is 73.6 Å². The fourth-order valence-electron chi connectivity index (χ4n) is 3.59. The Morgan fingerprint density at radius 1 is 1.03 bits per heavy atom. The molecule has 0 saturated heterocycles. The van der Waals surface area contributed by atoms with E-state index in [1.165, 1.54) is 4.68 Å². The fourth-order valence-corrected chi connectivity index (χ4v) is 4.22.